The van der Waals surface area contributed by atoms with Gasteiger partial charge in [-0.25, -0.2) is 0 Å². The molecule has 0 bridgehead atoms. The minimum Gasteiger partial charge on any atom is -0.313 e. The molecule has 1 aliphatic carbocycles. The SMILES string of the molecule is CCNC1CCC(C)(C)CC1N1CCN(CC)C(C)C1. The highest BCUT2D eigenvalue weighted by molar-refractivity contribution is 4.96. The van der Waals surface area contributed by atoms with Crippen LogP contribution in [0.5, 0.6) is 0 Å². The van der Waals surface area contributed by atoms with Gasteiger partial charge in [-0.15, -0.1) is 0 Å². The van der Waals surface area contributed by atoms with Crippen molar-refractivity contribution in [3.05, 3.63) is 0 Å². The predicted molar refractivity (Wildman–Crippen MR) is 87.2 cm³/mol. The molecule has 2 rings (SSSR count). The predicted octanol–water partition coefficient (Wildman–Crippen LogP) is 2.57. The number of likely N-dealkylation sites (N-methyl/N-ethyl adjacent to an activating group) is 2. The summed E-state index contributed by atoms with van der Waals surface area (Å²) in [7, 11) is 0. The van der Waals surface area contributed by atoms with E-state index in [9.17, 15) is 0 Å². The summed E-state index contributed by atoms with van der Waals surface area (Å²) in [6, 6.07) is 2.15. The Bertz CT molecular complexity index is 303. The first-order valence-corrected chi connectivity index (χ1v) is 8.68. The number of piperazine rings is 1. The fourth-order valence-electron chi connectivity index (χ4n) is 4.23. The largest absolute Gasteiger partial charge is 0.313 e. The van der Waals surface area contributed by atoms with Crippen molar-refractivity contribution in [1.29, 1.82) is 0 Å². The number of hydrogen-bond donors (Lipinski definition) is 1. The van der Waals surface area contributed by atoms with Crippen molar-refractivity contribution in [3.8, 4) is 0 Å². The van der Waals surface area contributed by atoms with Crippen LogP contribution in [0.25, 0.3) is 0 Å². The average Bonchev–Trinajstić information content (AvgIpc) is 2.40. The van der Waals surface area contributed by atoms with E-state index in [4.69, 9.17) is 0 Å². The molecule has 0 aromatic carbocycles. The zero-order valence-electron chi connectivity index (χ0n) is 14.3. The van der Waals surface area contributed by atoms with Gasteiger partial charge in [-0.2, -0.15) is 0 Å². The number of nitrogens with zero attached hydrogens (tertiary/aromatic N) is 2. The van der Waals surface area contributed by atoms with Crippen molar-refractivity contribution in [3.63, 3.8) is 0 Å². The van der Waals surface area contributed by atoms with Gasteiger partial charge in [-0.05, 0) is 44.7 Å². The third-order valence-electron chi connectivity index (χ3n) is 5.50. The van der Waals surface area contributed by atoms with Crippen molar-refractivity contribution >= 4 is 0 Å². The van der Waals surface area contributed by atoms with Crippen molar-refractivity contribution in [2.75, 3.05) is 32.7 Å². The van der Waals surface area contributed by atoms with Crippen LogP contribution in [0.15, 0.2) is 0 Å². The highest BCUT2D eigenvalue weighted by Gasteiger charge is 2.39. The maximum Gasteiger partial charge on any atom is 0.0255 e. The molecule has 0 aromatic rings. The molecule has 3 atom stereocenters. The van der Waals surface area contributed by atoms with E-state index in [1.165, 1.54) is 45.4 Å². The molecule has 0 radical (unpaired) electrons. The van der Waals surface area contributed by atoms with Crippen LogP contribution in [0.3, 0.4) is 0 Å². The minimum absolute atomic E-state index is 0.516. The fraction of sp³-hybridized carbons (Fsp3) is 1.00. The standard InChI is InChI=1S/C17H35N3/c1-6-18-15-8-9-17(4,5)12-16(15)20-11-10-19(7-2)14(3)13-20/h14-16,18H,6-13H2,1-5H3. The molecule has 20 heavy (non-hydrogen) atoms. The molecular formula is C17H35N3. The van der Waals surface area contributed by atoms with Crippen LogP contribution in [0.2, 0.25) is 0 Å². The minimum atomic E-state index is 0.516. The zero-order valence-corrected chi connectivity index (χ0v) is 14.3. The molecule has 0 amide bonds. The molecule has 118 valence electrons. The summed E-state index contributed by atoms with van der Waals surface area (Å²) in [6.07, 6.45) is 4.06. The quantitative estimate of drug-likeness (QED) is 0.854. The summed E-state index contributed by atoms with van der Waals surface area (Å²) in [5.41, 5.74) is 0.516. The summed E-state index contributed by atoms with van der Waals surface area (Å²) in [6.45, 7) is 17.9. The molecule has 2 fully saturated rings. The Morgan fingerprint density at radius 3 is 2.55 bits per heavy atom. The van der Waals surface area contributed by atoms with Gasteiger partial charge in [0.25, 0.3) is 0 Å². The summed E-state index contributed by atoms with van der Waals surface area (Å²) >= 11 is 0. The van der Waals surface area contributed by atoms with Crippen LogP contribution < -0.4 is 5.32 Å². The van der Waals surface area contributed by atoms with Crippen LogP contribution in [-0.2, 0) is 0 Å². The molecule has 3 unspecified atom stereocenters. The summed E-state index contributed by atoms with van der Waals surface area (Å²) < 4.78 is 0. The van der Waals surface area contributed by atoms with E-state index >= 15 is 0 Å². The molecular weight excluding hydrogens is 246 g/mol. The molecule has 2 aliphatic rings. The van der Waals surface area contributed by atoms with Crippen molar-refractivity contribution in [2.45, 2.75) is 72.0 Å². The zero-order chi connectivity index (χ0) is 14.8. The molecule has 0 aromatic heterocycles. The van der Waals surface area contributed by atoms with Gasteiger partial charge in [-0.1, -0.05) is 27.7 Å². The van der Waals surface area contributed by atoms with Gasteiger partial charge in [0.1, 0.15) is 0 Å². The second-order valence-corrected chi connectivity index (χ2v) is 7.61. The van der Waals surface area contributed by atoms with E-state index in [0.717, 1.165) is 12.6 Å². The van der Waals surface area contributed by atoms with E-state index in [-0.39, 0.29) is 0 Å². The van der Waals surface area contributed by atoms with Gasteiger partial charge in [-0.3, -0.25) is 9.80 Å². The van der Waals surface area contributed by atoms with Gasteiger partial charge >= 0.3 is 0 Å². The molecule has 3 nitrogen and oxygen atoms in total. The Kier molecular flexibility index (Phi) is 5.49. The maximum atomic E-state index is 3.75. The summed E-state index contributed by atoms with van der Waals surface area (Å²) in [5, 5.41) is 3.75. The Labute approximate surface area is 126 Å². The van der Waals surface area contributed by atoms with Crippen LogP contribution in [0.4, 0.5) is 0 Å². The lowest BCUT2D eigenvalue weighted by atomic mass is 9.72. The molecule has 1 aliphatic heterocycles. The smallest absolute Gasteiger partial charge is 0.0255 e. The molecule has 0 spiro atoms. The maximum absolute atomic E-state index is 3.75. The molecule has 1 N–H and O–H groups in total. The lowest BCUT2D eigenvalue weighted by molar-refractivity contribution is 0.00909. The first-order valence-electron chi connectivity index (χ1n) is 8.68. The highest BCUT2D eigenvalue weighted by Crippen LogP contribution is 2.38. The van der Waals surface area contributed by atoms with Crippen molar-refractivity contribution in [2.24, 2.45) is 5.41 Å². The van der Waals surface area contributed by atoms with Gasteiger partial charge in [0.05, 0.1) is 0 Å². The molecule has 3 heteroatoms. The Morgan fingerprint density at radius 1 is 1.20 bits per heavy atom. The van der Waals surface area contributed by atoms with Crippen molar-refractivity contribution in [1.82, 2.24) is 15.1 Å². The molecule has 1 saturated heterocycles. The number of nitrogens with one attached hydrogen (secondary N) is 1. The Balaban J connectivity index is 2.03. The van der Waals surface area contributed by atoms with E-state index in [2.05, 4.69) is 49.7 Å². The lowest BCUT2D eigenvalue weighted by Crippen LogP contribution is -2.61. The van der Waals surface area contributed by atoms with Gasteiger partial charge in [0.2, 0.25) is 0 Å². The summed E-state index contributed by atoms with van der Waals surface area (Å²) in [5.74, 6) is 0. The van der Waals surface area contributed by atoms with Crippen LogP contribution in [0.1, 0.15) is 53.9 Å². The van der Waals surface area contributed by atoms with E-state index in [1.54, 1.807) is 0 Å². The summed E-state index contributed by atoms with van der Waals surface area (Å²) in [4.78, 5) is 5.40. The fourth-order valence-corrected chi connectivity index (χ4v) is 4.23. The molecule has 1 saturated carbocycles. The first-order chi connectivity index (χ1) is 9.46. The average molecular weight is 281 g/mol. The Morgan fingerprint density at radius 2 is 1.95 bits per heavy atom. The monoisotopic (exact) mass is 281 g/mol. The third kappa shape index (κ3) is 3.75. The van der Waals surface area contributed by atoms with Gasteiger partial charge < -0.3 is 5.32 Å². The van der Waals surface area contributed by atoms with Gasteiger partial charge in [0.15, 0.2) is 0 Å². The van der Waals surface area contributed by atoms with Crippen LogP contribution in [-0.4, -0.2) is 60.6 Å². The highest BCUT2D eigenvalue weighted by atomic mass is 15.3. The van der Waals surface area contributed by atoms with E-state index in [0.29, 0.717) is 17.5 Å². The van der Waals surface area contributed by atoms with Crippen LogP contribution in [0, 0.1) is 5.41 Å². The van der Waals surface area contributed by atoms with E-state index < -0.39 is 0 Å². The number of rotatable bonds is 4. The topological polar surface area (TPSA) is 18.5 Å². The third-order valence-corrected chi connectivity index (χ3v) is 5.50. The van der Waals surface area contributed by atoms with Crippen LogP contribution >= 0.6 is 0 Å². The van der Waals surface area contributed by atoms with Crippen molar-refractivity contribution < 1.29 is 0 Å². The normalized spacial score (nSPS) is 36.1. The second-order valence-electron chi connectivity index (χ2n) is 7.61. The number of hydrogen-bond acceptors (Lipinski definition) is 3. The Hall–Kier alpha value is -0.120. The lowest BCUT2D eigenvalue weighted by Gasteiger charge is -2.50. The first kappa shape index (κ1) is 16.3. The second kappa shape index (κ2) is 6.76. The van der Waals surface area contributed by atoms with Gasteiger partial charge in [0, 0.05) is 37.8 Å². The van der Waals surface area contributed by atoms with E-state index in [1.807, 2.05) is 0 Å². The molecule has 1 heterocycles.